The molecule has 0 amide bonds. The van der Waals surface area contributed by atoms with Crippen LogP contribution in [0.2, 0.25) is 5.28 Å². The van der Waals surface area contributed by atoms with E-state index in [0.717, 1.165) is 18.2 Å². The predicted molar refractivity (Wildman–Crippen MR) is 190 cm³/mol. The van der Waals surface area contributed by atoms with Crippen LogP contribution >= 0.6 is 11.6 Å². The molecule has 57 heavy (non-hydrogen) atoms. The molecule has 1 aliphatic carbocycles. The predicted octanol–water partition coefficient (Wildman–Crippen LogP) is -5.24. The van der Waals surface area contributed by atoms with Crippen molar-refractivity contribution < 1.29 is 137 Å². The summed E-state index contributed by atoms with van der Waals surface area (Å²) in [5.41, 5.74) is 3.30. The van der Waals surface area contributed by atoms with E-state index in [9.17, 15) is 48.5 Å². The van der Waals surface area contributed by atoms with Gasteiger partial charge in [-0.1, -0.05) is 30.3 Å². The first-order chi connectivity index (χ1) is 25.1. The zero-order chi connectivity index (χ0) is 39.7. The van der Waals surface area contributed by atoms with E-state index in [1.54, 1.807) is 0 Å². The molecule has 5 aromatic rings. The Morgan fingerprint density at radius 3 is 1.68 bits per heavy atom. The number of carbonyl (C=O) groups excluding carboxylic acids is 2. The number of nitrogens with zero attached hydrogens (tertiary/aromatic N) is 3. The number of aromatic nitrogens is 3. The van der Waals surface area contributed by atoms with Crippen molar-refractivity contribution in [2.45, 2.75) is 35.5 Å². The van der Waals surface area contributed by atoms with Gasteiger partial charge in [0, 0.05) is 22.5 Å². The molecule has 1 aliphatic rings. The van der Waals surface area contributed by atoms with Crippen molar-refractivity contribution >= 4 is 93.9 Å². The molecule has 0 bridgehead atoms. The van der Waals surface area contributed by atoms with Gasteiger partial charge in [-0.25, -0.2) is 25.3 Å². The number of carbonyl (C=O) groups is 2. The van der Waals surface area contributed by atoms with E-state index in [2.05, 4.69) is 30.9 Å². The molecule has 0 aliphatic heterocycles. The summed E-state index contributed by atoms with van der Waals surface area (Å²) in [6.07, 6.45) is 0. The number of hydrogen-bond acceptors (Lipinski definition) is 18. The second-order valence-electron chi connectivity index (χ2n) is 11.8. The molecule has 5 N–H and O–H groups in total. The maximum Gasteiger partial charge on any atom is 1.00 e. The van der Waals surface area contributed by atoms with Crippen LogP contribution in [0.1, 0.15) is 48.5 Å². The molecular weight excluding hydrogens is 859 g/mol. The number of halogens is 1. The third kappa shape index (κ3) is 9.75. The number of nitrogens with two attached hydrogens (primary N) is 1. The van der Waals surface area contributed by atoms with E-state index in [1.807, 2.05) is 0 Å². The summed E-state index contributed by atoms with van der Waals surface area (Å²) in [5, 5.41) is 7.83. The van der Waals surface area contributed by atoms with Crippen molar-refractivity contribution in [3.63, 3.8) is 0 Å². The summed E-state index contributed by atoms with van der Waals surface area (Å²) in [7, 11) is -15.5. The average Bonchev–Trinajstić information content (AvgIpc) is 3.06. The summed E-state index contributed by atoms with van der Waals surface area (Å²) in [5.74, 6) is -2.23. The van der Waals surface area contributed by atoms with Crippen LogP contribution in [0.3, 0.4) is 0 Å². The van der Waals surface area contributed by atoms with Crippen LogP contribution in [0.15, 0.2) is 69.3 Å². The fourth-order valence-corrected chi connectivity index (χ4v) is 8.38. The molecule has 1 heterocycles. The van der Waals surface area contributed by atoms with Gasteiger partial charge in [0.25, 0.3) is 0 Å². The van der Waals surface area contributed by atoms with Gasteiger partial charge in [0.05, 0.1) is 42.9 Å². The standard InChI is InChI=1S/C32H26ClN7O11S3.3Na/c1-13-25(36-20-12-21(53(46,47)48)24(34)23-22(20)27(41)18-9-4-5-10-19(18)28(23)42)14(2)29(54(49,50)51)15(3)26(13)37-32-39-30(33)38-31(40-32)35-16-7-6-8-17(11-16)52(43,44)45;;;/h4-12,36H,34H2,1-3H3,(H,43,44,45)(H,46,47,48)(H,49,50,51)(H2,35,37,38,39,40);;;/q;3*+1/p-3. The monoisotopic (exact) mass is 881 g/mol. The zero-order valence-corrected chi connectivity index (χ0v) is 39.9. The van der Waals surface area contributed by atoms with Crippen LogP contribution < -0.4 is 110 Å². The fourth-order valence-electron chi connectivity index (χ4n) is 6.11. The maximum atomic E-state index is 13.9. The largest absolute Gasteiger partial charge is 1.00 e. The minimum absolute atomic E-state index is 0. The number of hydrogen-bond donors (Lipinski definition) is 4. The van der Waals surface area contributed by atoms with Gasteiger partial charge in [-0.05, 0) is 73.3 Å². The average molecular weight is 882 g/mol. The van der Waals surface area contributed by atoms with Crippen LogP contribution in [-0.4, -0.2) is 65.4 Å². The molecule has 1 aromatic heterocycles. The zero-order valence-electron chi connectivity index (χ0n) is 30.7. The first-order valence-electron chi connectivity index (χ1n) is 15.1. The van der Waals surface area contributed by atoms with Crippen molar-refractivity contribution in [3.05, 3.63) is 98.8 Å². The normalized spacial score (nSPS) is 12.3. The van der Waals surface area contributed by atoms with E-state index in [0.29, 0.717) is 0 Å². The number of ketones is 2. The number of benzene rings is 4. The molecule has 0 fully saturated rings. The number of nitrogen functional groups attached to an aromatic ring is 1. The van der Waals surface area contributed by atoms with E-state index in [1.165, 1.54) is 57.2 Å². The van der Waals surface area contributed by atoms with E-state index in [4.69, 9.17) is 17.3 Å². The Morgan fingerprint density at radius 1 is 0.632 bits per heavy atom. The van der Waals surface area contributed by atoms with Crippen molar-refractivity contribution in [2.24, 2.45) is 0 Å². The maximum absolute atomic E-state index is 13.9. The minimum atomic E-state index is -5.37. The molecule has 280 valence electrons. The topological polar surface area (TPSA) is 307 Å². The third-order valence-corrected chi connectivity index (χ3v) is 11.4. The summed E-state index contributed by atoms with van der Waals surface area (Å²) < 4.78 is 110. The van der Waals surface area contributed by atoms with E-state index in [-0.39, 0.29) is 145 Å². The summed E-state index contributed by atoms with van der Waals surface area (Å²) in [6.45, 7) is 3.99. The van der Waals surface area contributed by atoms with Crippen molar-refractivity contribution in [1.29, 1.82) is 0 Å². The Morgan fingerprint density at radius 2 is 1.16 bits per heavy atom. The molecular formula is C32H23ClN7Na3O11S3. The van der Waals surface area contributed by atoms with Crippen molar-refractivity contribution in [3.8, 4) is 0 Å². The van der Waals surface area contributed by atoms with Crippen LogP contribution in [0.25, 0.3) is 0 Å². The SMILES string of the molecule is Cc1c(Nc2nc(Cl)nc(Nc3cccc(S(=O)(=O)[O-])c3)n2)c(C)c(S(=O)(=O)[O-])c(C)c1Nc1cc(S(=O)(=O)[O-])c(N)c2c1C(=O)c1ccccc1C2=O.[Na+].[Na+].[Na+]. The second kappa shape index (κ2) is 18.0. The van der Waals surface area contributed by atoms with E-state index >= 15 is 0 Å². The Hall–Kier alpha value is -2.55. The van der Waals surface area contributed by atoms with Crippen LogP contribution in [-0.2, 0) is 30.4 Å². The third-order valence-electron chi connectivity index (χ3n) is 8.38. The molecule has 0 radical (unpaired) electrons. The molecule has 0 unspecified atom stereocenters. The number of fused-ring (bicyclic) bond motifs is 2. The molecule has 0 saturated carbocycles. The van der Waals surface area contributed by atoms with Gasteiger partial charge in [-0.2, -0.15) is 15.0 Å². The first-order valence-corrected chi connectivity index (χ1v) is 19.7. The Kier molecular flexibility index (Phi) is 15.4. The van der Waals surface area contributed by atoms with Gasteiger partial charge in [-0.15, -0.1) is 0 Å². The molecule has 0 spiro atoms. The molecule has 0 atom stereocenters. The van der Waals surface area contributed by atoms with Crippen LogP contribution in [0, 0.1) is 20.8 Å². The molecule has 25 heteroatoms. The minimum Gasteiger partial charge on any atom is -0.744 e. The second-order valence-corrected chi connectivity index (χ2v) is 16.1. The van der Waals surface area contributed by atoms with Crippen LogP contribution in [0.4, 0.5) is 40.3 Å². The van der Waals surface area contributed by atoms with Gasteiger partial charge in [0.15, 0.2) is 11.6 Å². The molecule has 4 aromatic carbocycles. The summed E-state index contributed by atoms with van der Waals surface area (Å²) in [6, 6.07) is 11.1. The Labute approximate surface area is 397 Å². The Balaban J connectivity index is 0.00000290. The molecule has 18 nitrogen and oxygen atoms in total. The fraction of sp³-hybridized carbons (Fsp3) is 0.0938. The Bertz CT molecular complexity index is 2850. The summed E-state index contributed by atoms with van der Waals surface area (Å²) in [4.78, 5) is 37.3. The molecule has 6 rings (SSSR count). The van der Waals surface area contributed by atoms with Gasteiger partial charge in [-0.3, -0.25) is 9.59 Å². The van der Waals surface area contributed by atoms with Gasteiger partial charge in [0.2, 0.25) is 17.2 Å². The summed E-state index contributed by atoms with van der Waals surface area (Å²) >= 11 is 6.14. The first kappa shape index (κ1) is 48.8. The number of anilines is 7. The van der Waals surface area contributed by atoms with Crippen molar-refractivity contribution in [1.82, 2.24) is 15.0 Å². The van der Waals surface area contributed by atoms with Gasteiger partial charge in [0.1, 0.15) is 30.4 Å². The van der Waals surface area contributed by atoms with Crippen molar-refractivity contribution in [2.75, 3.05) is 21.7 Å². The smallest absolute Gasteiger partial charge is 0.744 e. The quantitative estimate of drug-likeness (QED) is 0.0599. The molecule has 0 saturated heterocycles. The van der Waals surface area contributed by atoms with Gasteiger partial charge >= 0.3 is 88.7 Å². The van der Waals surface area contributed by atoms with Crippen LogP contribution in [0.5, 0.6) is 0 Å². The number of rotatable bonds is 9. The van der Waals surface area contributed by atoms with Gasteiger partial charge < -0.3 is 35.3 Å². The van der Waals surface area contributed by atoms with E-state index < -0.39 is 84.4 Å². The number of nitrogens with one attached hydrogen (secondary N) is 3.